The van der Waals surface area contributed by atoms with Crippen LogP contribution in [0.1, 0.15) is 24.5 Å². The molecule has 2 rings (SSSR count). The van der Waals surface area contributed by atoms with Crippen molar-refractivity contribution in [3.05, 3.63) is 35.4 Å². The molecule has 17 heavy (non-hydrogen) atoms. The van der Waals surface area contributed by atoms with Gasteiger partial charge < -0.3 is 0 Å². The van der Waals surface area contributed by atoms with Gasteiger partial charge in [-0.25, -0.2) is 0 Å². The minimum atomic E-state index is -4.31. The van der Waals surface area contributed by atoms with Crippen molar-refractivity contribution in [3.8, 4) is 0 Å². The Balaban J connectivity index is 2.01. The summed E-state index contributed by atoms with van der Waals surface area (Å²) in [5.74, 6) is 0.700. The highest BCUT2D eigenvalue weighted by atomic mass is 19.4. The Bertz CT molecular complexity index is 419. The van der Waals surface area contributed by atoms with Gasteiger partial charge in [0, 0.05) is 12.3 Å². The summed E-state index contributed by atoms with van der Waals surface area (Å²) in [7, 11) is 0. The lowest BCUT2D eigenvalue weighted by molar-refractivity contribution is -0.137. The van der Waals surface area contributed by atoms with E-state index in [1.54, 1.807) is 0 Å². The number of alkyl halides is 3. The Kier molecular flexibility index (Phi) is 2.98. The van der Waals surface area contributed by atoms with Gasteiger partial charge in [0.15, 0.2) is 0 Å². The van der Waals surface area contributed by atoms with E-state index in [-0.39, 0.29) is 18.1 Å². The lowest BCUT2D eigenvalue weighted by Crippen LogP contribution is -2.08. The van der Waals surface area contributed by atoms with E-state index in [0.717, 1.165) is 18.6 Å². The van der Waals surface area contributed by atoms with Crippen LogP contribution in [0.4, 0.5) is 13.2 Å². The quantitative estimate of drug-likeness (QED) is 0.793. The number of benzene rings is 1. The maximum atomic E-state index is 12.3. The summed E-state index contributed by atoms with van der Waals surface area (Å²) in [5.41, 5.74) is -0.0180. The van der Waals surface area contributed by atoms with Crippen LogP contribution in [0.15, 0.2) is 24.3 Å². The van der Waals surface area contributed by atoms with E-state index in [1.165, 1.54) is 12.1 Å². The second kappa shape index (κ2) is 4.17. The number of carbonyl (C=O) groups excluding carboxylic acids is 1. The molecule has 0 saturated heterocycles. The fraction of sp³-hybridized carbons (Fsp3) is 0.462. The summed E-state index contributed by atoms with van der Waals surface area (Å²) in [4.78, 5) is 11.6. The first-order valence-electron chi connectivity index (χ1n) is 5.57. The molecule has 0 bridgehead atoms. The summed E-state index contributed by atoms with van der Waals surface area (Å²) >= 11 is 0. The zero-order valence-electron chi connectivity index (χ0n) is 9.42. The first-order valence-corrected chi connectivity index (χ1v) is 5.57. The van der Waals surface area contributed by atoms with E-state index in [2.05, 4.69) is 0 Å². The van der Waals surface area contributed by atoms with E-state index in [1.807, 2.05) is 6.92 Å². The second-order valence-corrected chi connectivity index (χ2v) is 4.66. The Morgan fingerprint density at radius 3 is 2.24 bits per heavy atom. The Morgan fingerprint density at radius 2 is 1.82 bits per heavy atom. The molecule has 92 valence electrons. The van der Waals surface area contributed by atoms with Gasteiger partial charge in [0.05, 0.1) is 5.56 Å². The molecule has 0 amide bonds. The van der Waals surface area contributed by atoms with Crippen molar-refractivity contribution < 1.29 is 18.0 Å². The molecule has 1 aromatic rings. The first kappa shape index (κ1) is 12.1. The first-order chi connectivity index (χ1) is 7.88. The Labute approximate surface area is 97.6 Å². The van der Waals surface area contributed by atoms with Crippen LogP contribution in [0.2, 0.25) is 0 Å². The third-order valence-corrected chi connectivity index (χ3v) is 3.18. The van der Waals surface area contributed by atoms with Crippen LogP contribution in [-0.2, 0) is 17.4 Å². The van der Waals surface area contributed by atoms with Crippen molar-refractivity contribution >= 4 is 5.78 Å². The molecule has 1 aliphatic rings. The summed E-state index contributed by atoms with van der Waals surface area (Å²) in [6, 6.07) is 4.82. The monoisotopic (exact) mass is 242 g/mol. The molecule has 2 atom stereocenters. The molecule has 1 aromatic carbocycles. The van der Waals surface area contributed by atoms with E-state index in [4.69, 9.17) is 0 Å². The summed E-state index contributed by atoms with van der Waals surface area (Å²) in [5, 5.41) is 0. The molecular weight excluding hydrogens is 229 g/mol. The standard InChI is InChI=1S/C13H13F3O/c1-8-6-11(8)12(17)7-9-2-4-10(5-3-9)13(14,15)16/h2-5,8,11H,6-7H2,1H3. The minimum Gasteiger partial charge on any atom is -0.299 e. The third-order valence-electron chi connectivity index (χ3n) is 3.18. The van der Waals surface area contributed by atoms with Crippen LogP contribution < -0.4 is 0 Å². The van der Waals surface area contributed by atoms with Gasteiger partial charge in [-0.15, -0.1) is 0 Å². The Hall–Kier alpha value is -1.32. The van der Waals surface area contributed by atoms with Crippen molar-refractivity contribution in [2.45, 2.75) is 25.9 Å². The predicted octanol–water partition coefficient (Wildman–Crippen LogP) is 3.47. The van der Waals surface area contributed by atoms with Crippen LogP contribution in [0.5, 0.6) is 0 Å². The number of rotatable bonds is 3. The molecule has 2 unspecified atom stereocenters. The van der Waals surface area contributed by atoms with Gasteiger partial charge in [-0.1, -0.05) is 19.1 Å². The van der Waals surface area contributed by atoms with Gasteiger partial charge in [0.1, 0.15) is 5.78 Å². The van der Waals surface area contributed by atoms with Crippen LogP contribution >= 0.6 is 0 Å². The molecule has 0 N–H and O–H groups in total. The molecule has 0 aromatic heterocycles. The molecule has 1 fully saturated rings. The van der Waals surface area contributed by atoms with E-state index >= 15 is 0 Å². The zero-order valence-corrected chi connectivity index (χ0v) is 9.42. The highest BCUT2D eigenvalue weighted by molar-refractivity contribution is 5.85. The summed E-state index contributed by atoms with van der Waals surface area (Å²) in [6.07, 6.45) is -3.15. The van der Waals surface area contributed by atoms with E-state index in [0.29, 0.717) is 11.5 Å². The van der Waals surface area contributed by atoms with Crippen molar-refractivity contribution in [1.82, 2.24) is 0 Å². The highest BCUT2D eigenvalue weighted by Gasteiger charge is 2.38. The maximum Gasteiger partial charge on any atom is 0.416 e. The number of Topliss-reactive ketones (excluding diaryl/α,β-unsaturated/α-hetero) is 1. The van der Waals surface area contributed by atoms with Gasteiger partial charge in [0.2, 0.25) is 0 Å². The molecule has 1 aliphatic carbocycles. The normalized spacial score (nSPS) is 23.5. The lowest BCUT2D eigenvalue weighted by atomic mass is 10.0. The molecule has 0 aliphatic heterocycles. The smallest absolute Gasteiger partial charge is 0.299 e. The topological polar surface area (TPSA) is 17.1 Å². The van der Waals surface area contributed by atoms with Gasteiger partial charge in [0.25, 0.3) is 0 Å². The molecule has 4 heteroatoms. The van der Waals surface area contributed by atoms with Crippen molar-refractivity contribution in [1.29, 1.82) is 0 Å². The number of hydrogen-bond acceptors (Lipinski definition) is 1. The summed E-state index contributed by atoms with van der Waals surface area (Å²) in [6.45, 7) is 2.01. The molecule has 0 spiro atoms. The van der Waals surface area contributed by atoms with Crippen molar-refractivity contribution in [2.75, 3.05) is 0 Å². The van der Waals surface area contributed by atoms with Crippen LogP contribution in [0, 0.1) is 11.8 Å². The SMILES string of the molecule is CC1CC1C(=O)Cc1ccc(C(F)(F)F)cc1. The van der Waals surface area contributed by atoms with Crippen molar-refractivity contribution in [3.63, 3.8) is 0 Å². The molecule has 0 radical (unpaired) electrons. The largest absolute Gasteiger partial charge is 0.416 e. The van der Waals surface area contributed by atoms with Crippen LogP contribution in [0.25, 0.3) is 0 Å². The maximum absolute atomic E-state index is 12.3. The highest BCUT2D eigenvalue weighted by Crippen LogP contribution is 2.39. The number of carbonyl (C=O) groups is 1. The fourth-order valence-electron chi connectivity index (χ4n) is 1.91. The van der Waals surface area contributed by atoms with Gasteiger partial charge in [-0.2, -0.15) is 13.2 Å². The summed E-state index contributed by atoms with van der Waals surface area (Å²) < 4.78 is 36.9. The number of hydrogen-bond donors (Lipinski definition) is 0. The average molecular weight is 242 g/mol. The lowest BCUT2D eigenvalue weighted by Gasteiger charge is -2.07. The molecule has 1 saturated carbocycles. The second-order valence-electron chi connectivity index (χ2n) is 4.66. The third kappa shape index (κ3) is 2.87. The van der Waals surface area contributed by atoms with E-state index < -0.39 is 11.7 Å². The van der Waals surface area contributed by atoms with Gasteiger partial charge in [-0.3, -0.25) is 4.79 Å². The number of ketones is 1. The molecular formula is C13H13F3O. The van der Waals surface area contributed by atoms with Gasteiger partial charge in [-0.05, 0) is 30.0 Å². The predicted molar refractivity (Wildman–Crippen MR) is 57.4 cm³/mol. The van der Waals surface area contributed by atoms with Crippen molar-refractivity contribution in [2.24, 2.45) is 11.8 Å². The number of halogens is 3. The molecule has 1 nitrogen and oxygen atoms in total. The Morgan fingerprint density at radius 1 is 1.29 bits per heavy atom. The zero-order chi connectivity index (χ0) is 12.6. The fourth-order valence-corrected chi connectivity index (χ4v) is 1.91. The average Bonchev–Trinajstić information content (AvgIpc) is 2.95. The van der Waals surface area contributed by atoms with Crippen LogP contribution in [-0.4, -0.2) is 5.78 Å². The van der Waals surface area contributed by atoms with Crippen LogP contribution in [0.3, 0.4) is 0 Å². The van der Waals surface area contributed by atoms with E-state index in [9.17, 15) is 18.0 Å². The molecule has 0 heterocycles. The minimum absolute atomic E-state index is 0.122. The van der Waals surface area contributed by atoms with Gasteiger partial charge >= 0.3 is 6.18 Å².